The lowest BCUT2D eigenvalue weighted by Crippen LogP contribution is -2.47. The molecule has 0 amide bonds. The molecule has 0 bridgehead atoms. The molecule has 1 atom stereocenters. The standard InChI is InChI=1S/C11H13NO6/c13-6-7-1-2-8(14)5-12(7)9(11(17)18)3-4-10(15)16/h1-2,5,9,13H,3-4,6H2,(H2-,14,15,16,17,18)/p+1/t9-/m0/s1. The minimum absolute atomic E-state index is 0.133. The van der Waals surface area contributed by atoms with Crippen molar-refractivity contribution in [2.24, 2.45) is 0 Å². The third-order valence-electron chi connectivity index (χ3n) is 2.46. The molecule has 0 saturated heterocycles. The zero-order valence-corrected chi connectivity index (χ0v) is 9.48. The Bertz CT molecular complexity index is 459. The fraction of sp³-hybridized carbons (Fsp3) is 0.364. The van der Waals surface area contributed by atoms with Crippen LogP contribution < -0.4 is 4.57 Å². The maximum atomic E-state index is 11.1. The van der Waals surface area contributed by atoms with Gasteiger partial charge in [-0.05, 0) is 6.07 Å². The molecule has 1 aromatic heterocycles. The highest BCUT2D eigenvalue weighted by Gasteiger charge is 2.30. The molecule has 7 heteroatoms. The lowest BCUT2D eigenvalue weighted by molar-refractivity contribution is -0.720. The number of carbonyl (C=O) groups is 2. The molecule has 18 heavy (non-hydrogen) atoms. The number of carboxylic acid groups (broad SMARTS) is 2. The number of aliphatic carboxylic acids is 2. The fourth-order valence-corrected chi connectivity index (χ4v) is 1.60. The second-order valence-corrected chi connectivity index (χ2v) is 3.73. The summed E-state index contributed by atoms with van der Waals surface area (Å²) in [6.07, 6.45) is 0.711. The van der Waals surface area contributed by atoms with Crippen molar-refractivity contribution in [1.82, 2.24) is 0 Å². The van der Waals surface area contributed by atoms with Crippen LogP contribution in [0.3, 0.4) is 0 Å². The lowest BCUT2D eigenvalue weighted by Gasteiger charge is -2.09. The molecule has 1 heterocycles. The van der Waals surface area contributed by atoms with Crippen LogP contribution in [0.2, 0.25) is 0 Å². The van der Waals surface area contributed by atoms with Crippen molar-refractivity contribution >= 4 is 11.9 Å². The van der Waals surface area contributed by atoms with Crippen molar-refractivity contribution in [1.29, 1.82) is 0 Å². The summed E-state index contributed by atoms with van der Waals surface area (Å²) in [7, 11) is 0. The summed E-state index contributed by atoms with van der Waals surface area (Å²) < 4.78 is 1.17. The monoisotopic (exact) mass is 256 g/mol. The van der Waals surface area contributed by atoms with Gasteiger partial charge in [0.15, 0.2) is 5.75 Å². The van der Waals surface area contributed by atoms with E-state index >= 15 is 0 Å². The molecular weight excluding hydrogens is 242 g/mol. The number of hydrogen-bond acceptors (Lipinski definition) is 4. The van der Waals surface area contributed by atoms with Crippen LogP contribution in [-0.2, 0) is 16.2 Å². The molecule has 0 saturated carbocycles. The minimum atomic E-state index is -1.22. The number of pyridine rings is 1. The Hall–Kier alpha value is -2.15. The molecule has 0 aromatic carbocycles. The van der Waals surface area contributed by atoms with E-state index in [9.17, 15) is 14.7 Å². The highest BCUT2D eigenvalue weighted by atomic mass is 16.4. The molecule has 0 aliphatic rings. The molecule has 0 aliphatic heterocycles. The zero-order valence-electron chi connectivity index (χ0n) is 9.48. The second-order valence-electron chi connectivity index (χ2n) is 3.73. The van der Waals surface area contributed by atoms with Gasteiger partial charge in [-0.3, -0.25) is 4.79 Å². The molecule has 4 N–H and O–H groups in total. The van der Waals surface area contributed by atoms with Gasteiger partial charge >= 0.3 is 11.9 Å². The van der Waals surface area contributed by atoms with Gasteiger partial charge in [0.25, 0.3) is 6.04 Å². The molecular formula is C11H14NO6+. The SMILES string of the molecule is O=C(O)CC[C@@H](C(=O)O)[n+]1cc(O)ccc1CO. The number of aromatic hydroxyl groups is 1. The number of rotatable bonds is 6. The first-order chi connectivity index (χ1) is 8.45. The van der Waals surface area contributed by atoms with Gasteiger partial charge in [0, 0.05) is 12.5 Å². The number of aliphatic hydroxyl groups is 1. The van der Waals surface area contributed by atoms with Gasteiger partial charge < -0.3 is 20.4 Å². The summed E-state index contributed by atoms with van der Waals surface area (Å²) in [4.78, 5) is 21.6. The van der Waals surface area contributed by atoms with Crippen molar-refractivity contribution < 1.29 is 34.6 Å². The summed E-state index contributed by atoms with van der Waals surface area (Å²) in [5, 5.41) is 36.1. The third kappa shape index (κ3) is 3.42. The Balaban J connectivity index is 3.08. The van der Waals surface area contributed by atoms with Crippen molar-refractivity contribution in [2.45, 2.75) is 25.5 Å². The van der Waals surface area contributed by atoms with Crippen LogP contribution in [0, 0.1) is 0 Å². The van der Waals surface area contributed by atoms with Crippen molar-refractivity contribution in [3.63, 3.8) is 0 Å². The summed E-state index contributed by atoms with van der Waals surface area (Å²) in [6.45, 7) is -0.406. The van der Waals surface area contributed by atoms with Crippen LogP contribution >= 0.6 is 0 Å². The zero-order chi connectivity index (χ0) is 13.7. The Labute approximate surface area is 103 Å². The predicted molar refractivity (Wildman–Crippen MR) is 57.8 cm³/mol. The van der Waals surface area contributed by atoms with E-state index in [0.717, 1.165) is 6.20 Å². The highest BCUT2D eigenvalue weighted by molar-refractivity contribution is 5.72. The second kappa shape index (κ2) is 5.97. The van der Waals surface area contributed by atoms with Gasteiger partial charge in [0.2, 0.25) is 11.9 Å². The summed E-state index contributed by atoms with van der Waals surface area (Å²) in [5.41, 5.74) is 0.283. The molecule has 0 radical (unpaired) electrons. The summed E-state index contributed by atoms with van der Waals surface area (Å²) in [6, 6.07) is 1.56. The van der Waals surface area contributed by atoms with E-state index in [0.29, 0.717) is 0 Å². The smallest absolute Gasteiger partial charge is 0.373 e. The van der Waals surface area contributed by atoms with Crippen LogP contribution in [0.15, 0.2) is 18.3 Å². The van der Waals surface area contributed by atoms with Crippen LogP contribution in [0.5, 0.6) is 5.75 Å². The fourth-order valence-electron chi connectivity index (χ4n) is 1.60. The predicted octanol–water partition coefficient (Wildman–Crippen LogP) is -0.338. The first kappa shape index (κ1) is 13.9. The number of nitrogens with zero attached hydrogens (tertiary/aromatic N) is 1. The Kier molecular flexibility index (Phi) is 4.61. The average molecular weight is 256 g/mol. The molecule has 7 nitrogen and oxygen atoms in total. The van der Waals surface area contributed by atoms with E-state index in [1.165, 1.54) is 16.7 Å². The summed E-state index contributed by atoms with van der Waals surface area (Å²) >= 11 is 0. The Morgan fingerprint density at radius 2 is 1.94 bits per heavy atom. The van der Waals surface area contributed by atoms with Crippen LogP contribution in [-0.4, -0.2) is 32.4 Å². The van der Waals surface area contributed by atoms with Gasteiger partial charge in [-0.25, -0.2) is 4.79 Å². The van der Waals surface area contributed by atoms with Crippen molar-refractivity contribution in [3.05, 3.63) is 24.0 Å². The van der Waals surface area contributed by atoms with E-state index in [2.05, 4.69) is 0 Å². The highest BCUT2D eigenvalue weighted by Crippen LogP contribution is 2.12. The van der Waals surface area contributed by atoms with E-state index in [4.69, 9.17) is 15.3 Å². The van der Waals surface area contributed by atoms with Gasteiger partial charge in [-0.2, -0.15) is 4.57 Å². The third-order valence-corrected chi connectivity index (χ3v) is 2.46. The number of hydrogen-bond donors (Lipinski definition) is 4. The number of aliphatic hydroxyl groups excluding tert-OH is 1. The maximum absolute atomic E-state index is 11.1. The van der Waals surface area contributed by atoms with Gasteiger partial charge in [-0.1, -0.05) is 0 Å². The molecule has 1 aromatic rings. The van der Waals surface area contributed by atoms with Crippen LogP contribution in [0.1, 0.15) is 24.6 Å². The van der Waals surface area contributed by atoms with Gasteiger partial charge in [-0.15, -0.1) is 0 Å². The van der Waals surface area contributed by atoms with Crippen LogP contribution in [0.25, 0.3) is 0 Å². The lowest BCUT2D eigenvalue weighted by atomic mass is 10.1. The Morgan fingerprint density at radius 1 is 1.28 bits per heavy atom. The van der Waals surface area contributed by atoms with E-state index < -0.39 is 24.6 Å². The Morgan fingerprint density at radius 3 is 2.44 bits per heavy atom. The first-order valence-corrected chi connectivity index (χ1v) is 5.24. The number of aromatic nitrogens is 1. The largest absolute Gasteiger partial charge is 0.503 e. The van der Waals surface area contributed by atoms with Gasteiger partial charge in [0.05, 0.1) is 6.42 Å². The molecule has 0 spiro atoms. The summed E-state index contributed by atoms with van der Waals surface area (Å²) in [5.74, 6) is -2.48. The normalized spacial score (nSPS) is 12.1. The van der Waals surface area contributed by atoms with E-state index in [1.807, 2.05) is 0 Å². The molecule has 1 rings (SSSR count). The average Bonchev–Trinajstić information content (AvgIpc) is 2.28. The quantitative estimate of drug-likeness (QED) is 0.517. The molecule has 0 fully saturated rings. The minimum Gasteiger partial charge on any atom is -0.503 e. The van der Waals surface area contributed by atoms with E-state index in [1.54, 1.807) is 0 Å². The molecule has 0 aliphatic carbocycles. The van der Waals surface area contributed by atoms with E-state index in [-0.39, 0.29) is 24.3 Å². The van der Waals surface area contributed by atoms with Crippen LogP contribution in [0.4, 0.5) is 0 Å². The van der Waals surface area contributed by atoms with Crippen molar-refractivity contribution in [2.75, 3.05) is 0 Å². The van der Waals surface area contributed by atoms with Crippen molar-refractivity contribution in [3.8, 4) is 5.75 Å². The topological polar surface area (TPSA) is 119 Å². The maximum Gasteiger partial charge on any atom is 0.373 e. The first-order valence-electron chi connectivity index (χ1n) is 5.24. The molecule has 0 unspecified atom stereocenters. The molecule has 98 valence electrons. The number of carboxylic acids is 2. The van der Waals surface area contributed by atoms with Gasteiger partial charge in [0.1, 0.15) is 6.61 Å².